The molecule has 2 rings (SSSR count). The molecule has 19 heavy (non-hydrogen) atoms. The van der Waals surface area contributed by atoms with Crippen molar-refractivity contribution < 1.29 is 13.9 Å². The normalized spacial score (nSPS) is 12.7. The van der Waals surface area contributed by atoms with E-state index in [1.165, 1.54) is 24.3 Å². The highest BCUT2D eigenvalue weighted by Crippen LogP contribution is 2.30. The standard InChI is InChI=1S/C14H10Cl2F2O/c15-11-5-4-9(7-12(11)16)13(19)8-2-1-3-10(6-8)14(17)18/h1-7,13-14,19H. The van der Waals surface area contributed by atoms with E-state index in [0.29, 0.717) is 21.2 Å². The van der Waals surface area contributed by atoms with Gasteiger partial charge in [0.25, 0.3) is 6.43 Å². The quantitative estimate of drug-likeness (QED) is 0.844. The molecule has 0 fully saturated rings. The molecule has 1 atom stereocenters. The van der Waals surface area contributed by atoms with E-state index in [1.54, 1.807) is 18.2 Å². The van der Waals surface area contributed by atoms with Crippen LogP contribution in [0, 0.1) is 0 Å². The monoisotopic (exact) mass is 302 g/mol. The molecule has 0 bridgehead atoms. The van der Waals surface area contributed by atoms with Crippen molar-refractivity contribution >= 4 is 23.2 Å². The van der Waals surface area contributed by atoms with Crippen molar-refractivity contribution in [2.45, 2.75) is 12.5 Å². The Hall–Kier alpha value is -1.16. The lowest BCUT2D eigenvalue weighted by molar-refractivity contribution is 0.150. The van der Waals surface area contributed by atoms with Gasteiger partial charge in [-0.25, -0.2) is 8.78 Å². The maximum atomic E-state index is 12.6. The number of hydrogen-bond acceptors (Lipinski definition) is 1. The highest BCUT2D eigenvalue weighted by molar-refractivity contribution is 6.42. The molecule has 0 saturated heterocycles. The van der Waals surface area contributed by atoms with Gasteiger partial charge in [-0.05, 0) is 29.3 Å². The SMILES string of the molecule is OC(c1cccc(C(F)F)c1)c1ccc(Cl)c(Cl)c1. The number of halogens is 4. The van der Waals surface area contributed by atoms with Crippen LogP contribution in [-0.2, 0) is 0 Å². The summed E-state index contributed by atoms with van der Waals surface area (Å²) >= 11 is 11.6. The molecule has 2 aromatic rings. The molecule has 1 N–H and O–H groups in total. The molecule has 0 amide bonds. The van der Waals surface area contributed by atoms with Gasteiger partial charge in [0, 0.05) is 5.56 Å². The second-order valence-electron chi connectivity index (χ2n) is 4.05. The lowest BCUT2D eigenvalue weighted by atomic mass is 10.00. The summed E-state index contributed by atoms with van der Waals surface area (Å²) < 4.78 is 25.2. The predicted molar refractivity (Wildman–Crippen MR) is 71.9 cm³/mol. The highest BCUT2D eigenvalue weighted by Gasteiger charge is 2.14. The number of aliphatic hydroxyl groups excluding tert-OH is 1. The molecule has 0 aliphatic rings. The Balaban J connectivity index is 2.35. The fourth-order valence-electron chi connectivity index (χ4n) is 1.74. The zero-order chi connectivity index (χ0) is 14.0. The summed E-state index contributed by atoms with van der Waals surface area (Å²) in [5.74, 6) is 0. The van der Waals surface area contributed by atoms with Crippen LogP contribution in [0.4, 0.5) is 8.78 Å². The van der Waals surface area contributed by atoms with Crippen molar-refractivity contribution in [1.29, 1.82) is 0 Å². The Morgan fingerprint density at radius 2 is 1.47 bits per heavy atom. The molecule has 0 spiro atoms. The van der Waals surface area contributed by atoms with Crippen LogP contribution in [0.5, 0.6) is 0 Å². The van der Waals surface area contributed by atoms with Gasteiger partial charge in [0.15, 0.2) is 0 Å². The van der Waals surface area contributed by atoms with Crippen molar-refractivity contribution in [2.75, 3.05) is 0 Å². The molecule has 1 unspecified atom stereocenters. The van der Waals surface area contributed by atoms with E-state index in [1.807, 2.05) is 0 Å². The van der Waals surface area contributed by atoms with E-state index in [9.17, 15) is 13.9 Å². The van der Waals surface area contributed by atoms with Crippen molar-refractivity contribution in [3.8, 4) is 0 Å². The zero-order valence-corrected chi connectivity index (χ0v) is 11.2. The number of hydrogen-bond donors (Lipinski definition) is 1. The van der Waals surface area contributed by atoms with E-state index in [0.717, 1.165) is 0 Å². The Bertz CT molecular complexity index is 587. The first-order valence-corrected chi connectivity index (χ1v) is 6.25. The molecule has 0 radical (unpaired) electrons. The van der Waals surface area contributed by atoms with Gasteiger partial charge in [0.1, 0.15) is 6.10 Å². The van der Waals surface area contributed by atoms with E-state index >= 15 is 0 Å². The molecule has 5 heteroatoms. The number of aliphatic hydroxyl groups is 1. The second kappa shape index (κ2) is 5.87. The minimum atomic E-state index is -2.57. The van der Waals surface area contributed by atoms with Gasteiger partial charge in [-0.3, -0.25) is 0 Å². The zero-order valence-electron chi connectivity index (χ0n) is 9.66. The minimum Gasteiger partial charge on any atom is -0.384 e. The van der Waals surface area contributed by atoms with Crippen molar-refractivity contribution in [3.63, 3.8) is 0 Å². The molecule has 0 aromatic heterocycles. The van der Waals surface area contributed by atoms with Crippen LogP contribution < -0.4 is 0 Å². The van der Waals surface area contributed by atoms with E-state index in [2.05, 4.69) is 0 Å². The van der Waals surface area contributed by atoms with E-state index in [4.69, 9.17) is 23.2 Å². The third-order valence-electron chi connectivity index (χ3n) is 2.74. The average molecular weight is 303 g/mol. The summed E-state index contributed by atoms with van der Waals surface area (Å²) in [5.41, 5.74) is 0.758. The summed E-state index contributed by atoms with van der Waals surface area (Å²) in [6, 6.07) is 10.3. The molecule has 100 valence electrons. The first kappa shape index (κ1) is 14.3. The molecule has 0 heterocycles. The Labute approximate surface area is 119 Å². The fourth-order valence-corrected chi connectivity index (χ4v) is 2.05. The number of alkyl halides is 2. The first-order chi connectivity index (χ1) is 8.99. The van der Waals surface area contributed by atoms with Crippen LogP contribution in [0.25, 0.3) is 0 Å². The fraction of sp³-hybridized carbons (Fsp3) is 0.143. The molecule has 1 nitrogen and oxygen atoms in total. The Kier molecular flexibility index (Phi) is 4.40. The lowest BCUT2D eigenvalue weighted by Gasteiger charge is -2.13. The maximum absolute atomic E-state index is 12.6. The average Bonchev–Trinajstić information content (AvgIpc) is 2.41. The number of benzene rings is 2. The second-order valence-corrected chi connectivity index (χ2v) is 4.86. The molecule has 0 aliphatic carbocycles. The smallest absolute Gasteiger partial charge is 0.263 e. The maximum Gasteiger partial charge on any atom is 0.263 e. The van der Waals surface area contributed by atoms with Crippen LogP contribution in [-0.4, -0.2) is 5.11 Å². The van der Waals surface area contributed by atoms with Gasteiger partial charge >= 0.3 is 0 Å². The largest absolute Gasteiger partial charge is 0.384 e. The van der Waals surface area contributed by atoms with Gasteiger partial charge in [-0.1, -0.05) is 47.5 Å². The third-order valence-corrected chi connectivity index (χ3v) is 3.48. The van der Waals surface area contributed by atoms with Crippen LogP contribution in [0.15, 0.2) is 42.5 Å². The van der Waals surface area contributed by atoms with E-state index < -0.39 is 12.5 Å². The molecule has 0 saturated carbocycles. The predicted octanol–water partition coefficient (Wildman–Crippen LogP) is 5.01. The lowest BCUT2D eigenvalue weighted by Crippen LogP contribution is -2.00. The minimum absolute atomic E-state index is 0.128. The van der Waals surface area contributed by atoms with Gasteiger partial charge in [0.05, 0.1) is 10.0 Å². The molecule has 2 aromatic carbocycles. The van der Waals surface area contributed by atoms with Crippen LogP contribution in [0.1, 0.15) is 29.2 Å². The highest BCUT2D eigenvalue weighted by atomic mass is 35.5. The van der Waals surface area contributed by atoms with Crippen LogP contribution in [0.2, 0.25) is 10.0 Å². The molecular weight excluding hydrogens is 293 g/mol. The van der Waals surface area contributed by atoms with Crippen molar-refractivity contribution in [3.05, 3.63) is 69.2 Å². The molecular formula is C14H10Cl2F2O. The van der Waals surface area contributed by atoms with Gasteiger partial charge in [-0.15, -0.1) is 0 Å². The van der Waals surface area contributed by atoms with Gasteiger partial charge in [-0.2, -0.15) is 0 Å². The summed E-state index contributed by atoms with van der Waals surface area (Å²) in [5, 5.41) is 10.8. The Morgan fingerprint density at radius 1 is 0.842 bits per heavy atom. The summed E-state index contributed by atoms with van der Waals surface area (Å²) in [4.78, 5) is 0. The van der Waals surface area contributed by atoms with Crippen LogP contribution >= 0.6 is 23.2 Å². The van der Waals surface area contributed by atoms with E-state index in [-0.39, 0.29) is 5.56 Å². The third kappa shape index (κ3) is 3.24. The Morgan fingerprint density at radius 3 is 2.11 bits per heavy atom. The summed E-state index contributed by atoms with van der Waals surface area (Å²) in [6.45, 7) is 0. The van der Waals surface area contributed by atoms with Crippen molar-refractivity contribution in [1.82, 2.24) is 0 Å². The van der Waals surface area contributed by atoms with Gasteiger partial charge in [0.2, 0.25) is 0 Å². The van der Waals surface area contributed by atoms with Gasteiger partial charge < -0.3 is 5.11 Å². The van der Waals surface area contributed by atoms with Crippen LogP contribution in [0.3, 0.4) is 0 Å². The van der Waals surface area contributed by atoms with Crippen molar-refractivity contribution in [2.24, 2.45) is 0 Å². The molecule has 0 aliphatic heterocycles. The number of rotatable bonds is 3. The topological polar surface area (TPSA) is 20.2 Å². The first-order valence-electron chi connectivity index (χ1n) is 5.50. The summed E-state index contributed by atoms with van der Waals surface area (Å²) in [6.07, 6.45) is -3.59. The summed E-state index contributed by atoms with van der Waals surface area (Å²) in [7, 11) is 0.